The normalized spacial score (nSPS) is 14.0. The summed E-state index contributed by atoms with van der Waals surface area (Å²) in [6.07, 6.45) is 3.57. The third-order valence-corrected chi connectivity index (χ3v) is 8.13. The first-order valence-electron chi connectivity index (χ1n) is 12.8. The predicted octanol–water partition coefficient (Wildman–Crippen LogP) is 9.78. The molecule has 206 valence electrons. The van der Waals surface area contributed by atoms with Gasteiger partial charge in [-0.1, -0.05) is 65.3 Å². The highest BCUT2D eigenvalue weighted by Gasteiger charge is 2.30. The van der Waals surface area contributed by atoms with Crippen LogP contribution in [0, 0.1) is 10.1 Å². The minimum Gasteiger partial charge on any atom is -0.457 e. The molecule has 6 rings (SSSR count). The Kier molecular flexibility index (Phi) is 7.71. The Bertz CT molecular complexity index is 1860. The molecule has 0 N–H and O–H groups in total. The molecule has 1 amide bonds. The number of halogens is 2. The molecule has 2 heterocycles. The summed E-state index contributed by atoms with van der Waals surface area (Å²) in [7, 11) is 0. The Labute approximate surface area is 255 Å². The molecule has 6 nitrogen and oxygen atoms in total. The van der Waals surface area contributed by atoms with Crippen LogP contribution in [0.3, 0.4) is 0 Å². The first-order chi connectivity index (χ1) is 20.4. The Balaban J connectivity index is 1.29. The molecule has 0 aliphatic carbocycles. The van der Waals surface area contributed by atoms with Crippen LogP contribution in [-0.4, -0.2) is 10.8 Å². The van der Waals surface area contributed by atoms with Crippen LogP contribution < -0.4 is 4.90 Å². The van der Waals surface area contributed by atoms with Crippen LogP contribution in [0.15, 0.2) is 135 Å². The van der Waals surface area contributed by atoms with Crippen molar-refractivity contribution in [1.29, 1.82) is 0 Å². The summed E-state index contributed by atoms with van der Waals surface area (Å²) in [5.41, 5.74) is 3.52. The van der Waals surface area contributed by atoms with Crippen molar-refractivity contribution >= 4 is 64.0 Å². The Morgan fingerprint density at radius 1 is 0.833 bits per heavy atom. The summed E-state index contributed by atoms with van der Waals surface area (Å²) in [6, 6.07) is 32.5. The Morgan fingerprint density at radius 3 is 2.21 bits per heavy atom. The molecule has 0 saturated heterocycles. The van der Waals surface area contributed by atoms with Gasteiger partial charge in [0.2, 0.25) is 0 Å². The van der Waals surface area contributed by atoms with E-state index in [9.17, 15) is 14.9 Å². The van der Waals surface area contributed by atoms with Crippen molar-refractivity contribution in [3.05, 3.63) is 152 Å². The molecule has 0 spiro atoms. The molecule has 0 fully saturated rings. The highest BCUT2D eigenvalue weighted by Crippen LogP contribution is 2.38. The number of hydrogen-bond donors (Lipinski definition) is 0. The number of non-ortho nitro benzene ring substituents is 1. The molecule has 0 bridgehead atoms. The number of carbonyl (C=O) groups is 1. The first-order valence-corrected chi connectivity index (χ1v) is 14.3. The largest absolute Gasteiger partial charge is 0.457 e. The summed E-state index contributed by atoms with van der Waals surface area (Å²) >= 11 is 14.0. The van der Waals surface area contributed by atoms with Crippen LogP contribution in [0.5, 0.6) is 0 Å². The maximum Gasteiger partial charge on any atom is 0.269 e. The van der Waals surface area contributed by atoms with Gasteiger partial charge in [-0.3, -0.25) is 19.8 Å². The topological polar surface area (TPSA) is 76.6 Å². The summed E-state index contributed by atoms with van der Waals surface area (Å²) in [5, 5.41) is 12.0. The Morgan fingerprint density at radius 2 is 1.52 bits per heavy atom. The lowest BCUT2D eigenvalue weighted by atomic mass is 10.1. The van der Waals surface area contributed by atoms with Gasteiger partial charge in [0.15, 0.2) is 0 Å². The van der Waals surface area contributed by atoms with Gasteiger partial charge in [-0.05, 0) is 84.4 Å². The standard InChI is InChI=1S/C33H20Cl2N2O4S/c34-23-6-16-30(35)29(20-23)32-17-11-26(41-32)18-22-19-31(21-4-2-1-3-5-21)36(33(22)38)24-7-12-27(13-8-24)42-28-14-9-25(10-15-28)37(39)40/h1-20H/b22-18+. The van der Waals surface area contributed by atoms with Crippen molar-refractivity contribution in [3.8, 4) is 11.3 Å². The monoisotopic (exact) mass is 610 g/mol. The minimum absolute atomic E-state index is 0.0466. The summed E-state index contributed by atoms with van der Waals surface area (Å²) in [6.45, 7) is 0. The number of furan rings is 1. The maximum absolute atomic E-state index is 13.8. The molecule has 1 aliphatic heterocycles. The maximum atomic E-state index is 13.8. The van der Waals surface area contributed by atoms with Gasteiger partial charge >= 0.3 is 0 Å². The number of anilines is 1. The summed E-state index contributed by atoms with van der Waals surface area (Å²) < 4.78 is 6.03. The number of carbonyl (C=O) groups excluding carboxylic acids is 1. The van der Waals surface area contributed by atoms with E-state index < -0.39 is 4.92 Å². The van der Waals surface area contributed by atoms with Gasteiger partial charge in [0.25, 0.3) is 11.6 Å². The second-order valence-electron chi connectivity index (χ2n) is 9.31. The van der Waals surface area contributed by atoms with Crippen molar-refractivity contribution in [3.63, 3.8) is 0 Å². The van der Waals surface area contributed by atoms with Crippen molar-refractivity contribution in [2.24, 2.45) is 0 Å². The lowest BCUT2D eigenvalue weighted by molar-refractivity contribution is -0.384. The highest BCUT2D eigenvalue weighted by atomic mass is 35.5. The zero-order chi connectivity index (χ0) is 29.2. The van der Waals surface area contributed by atoms with Crippen LogP contribution in [0.1, 0.15) is 11.3 Å². The van der Waals surface area contributed by atoms with E-state index in [-0.39, 0.29) is 11.6 Å². The molecule has 1 aromatic heterocycles. The minimum atomic E-state index is -0.420. The zero-order valence-corrected chi connectivity index (χ0v) is 24.1. The lowest BCUT2D eigenvalue weighted by Gasteiger charge is -2.21. The van der Waals surface area contributed by atoms with Crippen LogP contribution in [0.25, 0.3) is 23.1 Å². The van der Waals surface area contributed by atoms with Crippen LogP contribution in [0.4, 0.5) is 11.4 Å². The number of nitrogens with zero attached hydrogens (tertiary/aromatic N) is 2. The first kappa shape index (κ1) is 27.6. The van der Waals surface area contributed by atoms with Crippen LogP contribution in [-0.2, 0) is 4.79 Å². The lowest BCUT2D eigenvalue weighted by Crippen LogP contribution is -2.24. The molecule has 9 heteroatoms. The fourth-order valence-electron chi connectivity index (χ4n) is 4.54. The van der Waals surface area contributed by atoms with Crippen LogP contribution in [0.2, 0.25) is 10.0 Å². The third-order valence-electron chi connectivity index (χ3n) is 6.55. The second kappa shape index (κ2) is 11.7. The SMILES string of the molecule is O=C1/C(=C/c2ccc(-c3cc(Cl)ccc3Cl)o2)C=C(c2ccccc2)N1c1ccc(Sc2ccc([N+](=O)[O-])cc2)cc1. The van der Waals surface area contributed by atoms with E-state index in [4.69, 9.17) is 27.6 Å². The van der Waals surface area contributed by atoms with E-state index in [1.165, 1.54) is 23.9 Å². The fourth-order valence-corrected chi connectivity index (χ4v) is 5.74. The van der Waals surface area contributed by atoms with Gasteiger partial charge in [-0.15, -0.1) is 0 Å². The molecule has 0 saturated carbocycles. The van der Waals surface area contributed by atoms with E-state index in [0.29, 0.717) is 38.4 Å². The molecule has 0 unspecified atom stereocenters. The third kappa shape index (κ3) is 5.76. The highest BCUT2D eigenvalue weighted by molar-refractivity contribution is 7.99. The average Bonchev–Trinajstić information content (AvgIpc) is 3.60. The van der Waals surface area contributed by atoms with Crippen molar-refractivity contribution < 1.29 is 14.1 Å². The zero-order valence-electron chi connectivity index (χ0n) is 21.7. The fraction of sp³-hybridized carbons (Fsp3) is 0. The van der Waals surface area contributed by atoms with Crippen molar-refractivity contribution in [2.45, 2.75) is 9.79 Å². The van der Waals surface area contributed by atoms with E-state index in [1.54, 1.807) is 53.4 Å². The molecular weight excluding hydrogens is 591 g/mol. The molecule has 42 heavy (non-hydrogen) atoms. The number of hydrogen-bond acceptors (Lipinski definition) is 5. The second-order valence-corrected chi connectivity index (χ2v) is 11.3. The molecule has 5 aromatic rings. The molecule has 0 atom stereocenters. The van der Waals surface area contributed by atoms with Crippen molar-refractivity contribution in [2.75, 3.05) is 4.90 Å². The number of amides is 1. The van der Waals surface area contributed by atoms with Crippen LogP contribution >= 0.6 is 35.0 Å². The quantitative estimate of drug-likeness (QED) is 0.104. The predicted molar refractivity (Wildman–Crippen MR) is 168 cm³/mol. The summed E-state index contributed by atoms with van der Waals surface area (Å²) in [5.74, 6) is 0.859. The van der Waals surface area contributed by atoms with Gasteiger partial charge in [0.1, 0.15) is 11.5 Å². The van der Waals surface area contributed by atoms with Gasteiger partial charge in [0, 0.05) is 43.8 Å². The average molecular weight is 612 g/mol. The van der Waals surface area contributed by atoms with Gasteiger partial charge in [0.05, 0.1) is 15.6 Å². The molecule has 4 aromatic carbocycles. The number of rotatable bonds is 7. The van der Waals surface area contributed by atoms with E-state index >= 15 is 0 Å². The Hall–Kier alpha value is -4.56. The number of nitro groups is 1. The summed E-state index contributed by atoms with van der Waals surface area (Å²) in [4.78, 5) is 27.8. The molecule has 1 aliphatic rings. The van der Waals surface area contributed by atoms with E-state index in [2.05, 4.69) is 0 Å². The van der Waals surface area contributed by atoms with Crippen molar-refractivity contribution in [1.82, 2.24) is 0 Å². The van der Waals surface area contributed by atoms with E-state index in [0.717, 1.165) is 21.1 Å². The smallest absolute Gasteiger partial charge is 0.269 e. The van der Waals surface area contributed by atoms with Gasteiger partial charge < -0.3 is 4.42 Å². The molecule has 0 radical (unpaired) electrons. The molecular formula is C33H20Cl2N2O4S. The number of benzene rings is 4. The van der Waals surface area contributed by atoms with E-state index in [1.807, 2.05) is 60.7 Å². The van der Waals surface area contributed by atoms with Gasteiger partial charge in [-0.2, -0.15) is 0 Å². The van der Waals surface area contributed by atoms with Gasteiger partial charge in [-0.25, -0.2) is 0 Å². The number of nitro benzene ring substituents is 1.